The van der Waals surface area contributed by atoms with Crippen molar-refractivity contribution in [2.24, 2.45) is 0 Å². The second-order valence-electron chi connectivity index (χ2n) is 6.58. The van der Waals surface area contributed by atoms with Crippen molar-refractivity contribution in [2.45, 2.75) is 25.5 Å². The summed E-state index contributed by atoms with van der Waals surface area (Å²) in [6, 6.07) is 15.7. The molecule has 0 radical (unpaired) electrons. The van der Waals surface area contributed by atoms with Gasteiger partial charge in [0.25, 0.3) is 0 Å². The van der Waals surface area contributed by atoms with Crippen LogP contribution >= 0.6 is 11.6 Å². The predicted octanol–water partition coefficient (Wildman–Crippen LogP) is 3.49. The summed E-state index contributed by atoms with van der Waals surface area (Å²) in [5.41, 5.74) is 2.06. The zero-order valence-electron chi connectivity index (χ0n) is 15.1. The van der Waals surface area contributed by atoms with Crippen molar-refractivity contribution in [3.05, 3.63) is 64.7 Å². The molecule has 0 fully saturated rings. The molecule has 0 aliphatic heterocycles. The highest BCUT2D eigenvalue weighted by Gasteiger charge is 2.10. The van der Waals surface area contributed by atoms with Gasteiger partial charge in [-0.3, -0.25) is 4.90 Å². The zero-order valence-corrected chi connectivity index (χ0v) is 15.8. The molecule has 136 valence electrons. The predicted molar refractivity (Wildman–Crippen MR) is 103 cm³/mol. The molecule has 0 saturated carbocycles. The Labute approximate surface area is 155 Å². The standard InChI is InChI=1S/C20H27ClN2O2/c1-15(22-13-20(24)17-5-4-6-18(21)12-17)11-16-7-9-19(10-8-16)25-14-23(2)3/h4-10,12,15,20,22,24H,11,13-14H2,1-3H3/t15?,20-/m0/s1. The largest absolute Gasteiger partial charge is 0.478 e. The van der Waals surface area contributed by atoms with Gasteiger partial charge in [-0.25, -0.2) is 0 Å². The molecule has 2 aromatic rings. The van der Waals surface area contributed by atoms with E-state index < -0.39 is 6.10 Å². The summed E-state index contributed by atoms with van der Waals surface area (Å²) in [7, 11) is 3.94. The van der Waals surface area contributed by atoms with Crippen LogP contribution in [0.25, 0.3) is 0 Å². The third-order valence-electron chi connectivity index (χ3n) is 3.85. The Kier molecular flexibility index (Phi) is 7.72. The molecule has 0 bridgehead atoms. The first-order chi connectivity index (χ1) is 11.9. The summed E-state index contributed by atoms with van der Waals surface area (Å²) in [6.45, 7) is 3.17. The summed E-state index contributed by atoms with van der Waals surface area (Å²) in [6.07, 6.45) is 0.318. The van der Waals surface area contributed by atoms with Crippen molar-refractivity contribution in [3.8, 4) is 5.75 Å². The number of nitrogens with zero attached hydrogens (tertiary/aromatic N) is 1. The zero-order chi connectivity index (χ0) is 18.2. The summed E-state index contributed by atoms with van der Waals surface area (Å²) >= 11 is 5.97. The smallest absolute Gasteiger partial charge is 0.141 e. The molecule has 4 nitrogen and oxygen atoms in total. The van der Waals surface area contributed by atoms with E-state index in [0.29, 0.717) is 18.3 Å². The molecule has 0 amide bonds. The van der Waals surface area contributed by atoms with Crippen LogP contribution < -0.4 is 10.1 Å². The van der Waals surface area contributed by atoms with Crippen LogP contribution in [0.2, 0.25) is 5.02 Å². The second kappa shape index (κ2) is 9.78. The highest BCUT2D eigenvalue weighted by atomic mass is 35.5. The highest BCUT2D eigenvalue weighted by molar-refractivity contribution is 6.30. The second-order valence-corrected chi connectivity index (χ2v) is 7.02. The number of hydrogen-bond acceptors (Lipinski definition) is 4. The first-order valence-electron chi connectivity index (χ1n) is 8.47. The number of benzene rings is 2. The topological polar surface area (TPSA) is 44.7 Å². The highest BCUT2D eigenvalue weighted by Crippen LogP contribution is 2.18. The van der Waals surface area contributed by atoms with Crippen LogP contribution in [-0.2, 0) is 6.42 Å². The van der Waals surface area contributed by atoms with Crippen LogP contribution in [0, 0.1) is 0 Å². The molecule has 0 saturated heterocycles. The van der Waals surface area contributed by atoms with Gasteiger partial charge in [-0.15, -0.1) is 0 Å². The maximum atomic E-state index is 10.3. The molecule has 0 aromatic heterocycles. The third-order valence-corrected chi connectivity index (χ3v) is 4.08. The van der Waals surface area contributed by atoms with E-state index in [1.807, 2.05) is 43.3 Å². The van der Waals surface area contributed by atoms with E-state index in [-0.39, 0.29) is 6.04 Å². The average molecular weight is 363 g/mol. The van der Waals surface area contributed by atoms with Gasteiger partial charge in [0.05, 0.1) is 6.10 Å². The Balaban J connectivity index is 1.78. The van der Waals surface area contributed by atoms with Crippen molar-refractivity contribution in [1.82, 2.24) is 10.2 Å². The Morgan fingerprint density at radius 2 is 1.88 bits per heavy atom. The molecule has 5 heteroatoms. The van der Waals surface area contributed by atoms with Gasteiger partial charge in [0, 0.05) is 17.6 Å². The fourth-order valence-electron chi connectivity index (χ4n) is 2.50. The maximum absolute atomic E-state index is 10.3. The maximum Gasteiger partial charge on any atom is 0.141 e. The molecule has 2 aromatic carbocycles. The van der Waals surface area contributed by atoms with Crippen LogP contribution in [0.4, 0.5) is 0 Å². The summed E-state index contributed by atoms with van der Waals surface area (Å²) < 4.78 is 5.63. The summed E-state index contributed by atoms with van der Waals surface area (Å²) in [5.74, 6) is 0.870. The number of aliphatic hydroxyl groups excluding tert-OH is 1. The van der Waals surface area contributed by atoms with Crippen molar-refractivity contribution >= 4 is 11.6 Å². The van der Waals surface area contributed by atoms with Crippen molar-refractivity contribution < 1.29 is 9.84 Å². The Morgan fingerprint density at radius 3 is 2.52 bits per heavy atom. The third kappa shape index (κ3) is 7.04. The minimum absolute atomic E-state index is 0.252. The molecule has 2 atom stereocenters. The van der Waals surface area contributed by atoms with Gasteiger partial charge in [-0.2, -0.15) is 0 Å². The van der Waals surface area contributed by atoms with E-state index in [2.05, 4.69) is 24.4 Å². The Morgan fingerprint density at radius 1 is 1.16 bits per heavy atom. The van der Waals surface area contributed by atoms with Crippen LogP contribution in [-0.4, -0.2) is 43.4 Å². The molecule has 1 unspecified atom stereocenters. The molecule has 0 aliphatic rings. The van der Waals surface area contributed by atoms with Crippen molar-refractivity contribution in [3.63, 3.8) is 0 Å². The number of rotatable bonds is 9. The molecule has 2 rings (SSSR count). The minimum atomic E-state index is -0.567. The van der Waals surface area contributed by atoms with Crippen molar-refractivity contribution in [1.29, 1.82) is 0 Å². The lowest BCUT2D eigenvalue weighted by Gasteiger charge is -2.18. The molecular formula is C20H27ClN2O2. The molecule has 25 heavy (non-hydrogen) atoms. The molecule has 2 N–H and O–H groups in total. The lowest BCUT2D eigenvalue weighted by Crippen LogP contribution is -2.32. The summed E-state index contributed by atoms with van der Waals surface area (Å²) in [4.78, 5) is 1.98. The van der Waals surface area contributed by atoms with Crippen LogP contribution in [0.5, 0.6) is 5.75 Å². The van der Waals surface area contributed by atoms with Gasteiger partial charge in [0.2, 0.25) is 0 Å². The number of hydrogen-bond donors (Lipinski definition) is 2. The first-order valence-corrected chi connectivity index (χ1v) is 8.85. The van der Waals surface area contributed by atoms with Gasteiger partial charge in [-0.05, 0) is 62.8 Å². The quantitative estimate of drug-likeness (QED) is 0.670. The average Bonchev–Trinajstić information content (AvgIpc) is 2.59. The van der Waals surface area contributed by atoms with E-state index >= 15 is 0 Å². The van der Waals surface area contributed by atoms with Crippen molar-refractivity contribution in [2.75, 3.05) is 27.4 Å². The molecule has 0 heterocycles. The summed E-state index contributed by atoms with van der Waals surface area (Å²) in [5, 5.41) is 14.3. The van der Waals surface area contributed by atoms with Gasteiger partial charge < -0.3 is 15.2 Å². The SMILES string of the molecule is CC(Cc1ccc(OCN(C)C)cc1)NC[C@H](O)c1cccc(Cl)c1. The lowest BCUT2D eigenvalue weighted by atomic mass is 10.1. The van der Waals surface area contributed by atoms with E-state index in [1.54, 1.807) is 12.1 Å². The number of nitrogens with one attached hydrogen (secondary N) is 1. The monoisotopic (exact) mass is 362 g/mol. The first kappa shape index (κ1) is 19.7. The van der Waals surface area contributed by atoms with Gasteiger partial charge in [-0.1, -0.05) is 35.9 Å². The number of halogens is 1. The molecule has 0 spiro atoms. The van der Waals surface area contributed by atoms with Gasteiger partial charge >= 0.3 is 0 Å². The van der Waals surface area contributed by atoms with Crippen LogP contribution in [0.3, 0.4) is 0 Å². The lowest BCUT2D eigenvalue weighted by molar-refractivity contribution is 0.170. The minimum Gasteiger partial charge on any atom is -0.478 e. The van der Waals surface area contributed by atoms with E-state index in [9.17, 15) is 5.11 Å². The van der Waals surface area contributed by atoms with E-state index in [1.165, 1.54) is 5.56 Å². The Hall–Kier alpha value is -1.59. The van der Waals surface area contributed by atoms with Crippen LogP contribution in [0.15, 0.2) is 48.5 Å². The normalized spacial score (nSPS) is 13.7. The van der Waals surface area contributed by atoms with Gasteiger partial charge in [0.1, 0.15) is 12.5 Å². The number of aliphatic hydroxyl groups is 1. The van der Waals surface area contributed by atoms with E-state index in [4.69, 9.17) is 16.3 Å². The Bertz CT molecular complexity index is 646. The van der Waals surface area contributed by atoms with Gasteiger partial charge in [0.15, 0.2) is 0 Å². The van der Waals surface area contributed by atoms with Crippen LogP contribution in [0.1, 0.15) is 24.2 Å². The fourth-order valence-corrected chi connectivity index (χ4v) is 2.69. The molecular weight excluding hydrogens is 336 g/mol. The number of ether oxygens (including phenoxy) is 1. The molecule has 0 aliphatic carbocycles. The fraction of sp³-hybridized carbons (Fsp3) is 0.400. The van der Waals surface area contributed by atoms with E-state index in [0.717, 1.165) is 17.7 Å².